The van der Waals surface area contributed by atoms with Crippen molar-refractivity contribution in [3.8, 4) is 0 Å². The minimum Gasteiger partial charge on any atom is -0.463 e. The van der Waals surface area contributed by atoms with Gasteiger partial charge in [0, 0.05) is 6.08 Å². The highest BCUT2D eigenvalue weighted by atomic mass is 16.5. The lowest BCUT2D eigenvalue weighted by molar-refractivity contribution is -0.138. The summed E-state index contributed by atoms with van der Waals surface area (Å²) in [4.78, 5) is 11.7. The second-order valence-electron chi connectivity index (χ2n) is 6.24. The van der Waals surface area contributed by atoms with Crippen LogP contribution in [0, 0.1) is 24.7 Å². The summed E-state index contributed by atoms with van der Waals surface area (Å²) in [5.41, 5.74) is 2.24. The number of carbonyl (C=O) groups is 1. The Bertz CT molecular complexity index is 553. The number of aryl methyl sites for hydroxylation is 1. The third-order valence-electron chi connectivity index (χ3n) is 4.64. The maximum absolute atomic E-state index is 11.7. The predicted octanol–water partition coefficient (Wildman–Crippen LogP) is 4.15. The van der Waals surface area contributed by atoms with Gasteiger partial charge in [0.15, 0.2) is 0 Å². The van der Waals surface area contributed by atoms with Gasteiger partial charge >= 0.3 is 5.97 Å². The van der Waals surface area contributed by atoms with Crippen molar-refractivity contribution in [3.05, 3.63) is 53.6 Å². The molecule has 0 N–H and O–H groups in total. The fourth-order valence-corrected chi connectivity index (χ4v) is 3.43. The van der Waals surface area contributed by atoms with Gasteiger partial charge in [-0.3, -0.25) is 0 Å². The van der Waals surface area contributed by atoms with Gasteiger partial charge in [-0.05, 0) is 55.6 Å². The Morgan fingerprint density at radius 2 is 2.05 bits per heavy atom. The van der Waals surface area contributed by atoms with Crippen molar-refractivity contribution in [1.29, 1.82) is 0 Å². The van der Waals surface area contributed by atoms with Crippen LogP contribution < -0.4 is 0 Å². The molecule has 2 aliphatic carbocycles. The first-order valence-corrected chi connectivity index (χ1v) is 7.80. The van der Waals surface area contributed by atoms with E-state index in [-0.39, 0.29) is 5.97 Å². The summed E-state index contributed by atoms with van der Waals surface area (Å²) in [6.45, 7) is 2.59. The summed E-state index contributed by atoms with van der Waals surface area (Å²) in [5.74, 6) is 2.00. The van der Waals surface area contributed by atoms with Crippen molar-refractivity contribution in [1.82, 2.24) is 0 Å². The molecule has 0 saturated heterocycles. The van der Waals surface area contributed by atoms with Crippen LogP contribution in [0.2, 0.25) is 0 Å². The van der Waals surface area contributed by atoms with Crippen LogP contribution in [0.25, 0.3) is 6.08 Å². The quantitative estimate of drug-likeness (QED) is 0.460. The highest BCUT2D eigenvalue weighted by Gasteiger charge is 2.35. The Hall–Kier alpha value is -1.83. The summed E-state index contributed by atoms with van der Waals surface area (Å²) in [6.07, 6.45) is 11.6. The van der Waals surface area contributed by atoms with Crippen LogP contribution >= 0.6 is 0 Å². The molecule has 2 heteroatoms. The topological polar surface area (TPSA) is 26.3 Å². The molecule has 2 nitrogen and oxygen atoms in total. The third-order valence-corrected chi connectivity index (χ3v) is 4.64. The standard InChI is InChI=1S/C19H22O2/c1-14-2-4-15(5-3-14)7-9-19(20)21-11-10-18-13-16-6-8-17(18)12-16/h2-9,16-18H,10-13H2,1H3/b9-7+. The van der Waals surface area contributed by atoms with Gasteiger partial charge in [-0.2, -0.15) is 0 Å². The zero-order valence-electron chi connectivity index (χ0n) is 12.5. The molecule has 3 atom stereocenters. The number of hydrogen-bond acceptors (Lipinski definition) is 2. The average molecular weight is 282 g/mol. The van der Waals surface area contributed by atoms with Crippen molar-refractivity contribution in [2.24, 2.45) is 17.8 Å². The van der Waals surface area contributed by atoms with Crippen LogP contribution in [0.1, 0.15) is 30.4 Å². The zero-order chi connectivity index (χ0) is 14.7. The van der Waals surface area contributed by atoms with Crippen LogP contribution in [-0.4, -0.2) is 12.6 Å². The van der Waals surface area contributed by atoms with Gasteiger partial charge in [0.1, 0.15) is 0 Å². The van der Waals surface area contributed by atoms with Gasteiger partial charge in [0.05, 0.1) is 6.61 Å². The van der Waals surface area contributed by atoms with Crippen LogP contribution in [0.15, 0.2) is 42.5 Å². The molecular formula is C19H22O2. The third kappa shape index (κ3) is 3.63. The molecule has 1 aromatic carbocycles. The molecule has 3 unspecified atom stereocenters. The molecule has 1 aromatic rings. The van der Waals surface area contributed by atoms with Crippen LogP contribution in [0.5, 0.6) is 0 Å². The zero-order valence-corrected chi connectivity index (χ0v) is 12.5. The Kier molecular flexibility index (Phi) is 4.23. The van der Waals surface area contributed by atoms with Crippen molar-refractivity contribution in [3.63, 3.8) is 0 Å². The number of esters is 1. The second-order valence-corrected chi connectivity index (χ2v) is 6.24. The molecule has 0 spiro atoms. The molecule has 21 heavy (non-hydrogen) atoms. The molecule has 2 aliphatic rings. The van der Waals surface area contributed by atoms with Crippen LogP contribution in [-0.2, 0) is 9.53 Å². The van der Waals surface area contributed by atoms with E-state index >= 15 is 0 Å². The number of fused-ring (bicyclic) bond motifs is 2. The summed E-state index contributed by atoms with van der Waals surface area (Å²) in [7, 11) is 0. The SMILES string of the molecule is Cc1ccc(/C=C/C(=O)OCCC2CC3C=CC2C3)cc1. The summed E-state index contributed by atoms with van der Waals surface area (Å²) < 4.78 is 5.31. The number of ether oxygens (including phenoxy) is 1. The molecule has 1 fully saturated rings. The maximum atomic E-state index is 11.7. The van der Waals surface area contributed by atoms with Gasteiger partial charge in [-0.15, -0.1) is 0 Å². The molecule has 0 aromatic heterocycles. The summed E-state index contributed by atoms with van der Waals surface area (Å²) in [5, 5.41) is 0. The first-order chi connectivity index (χ1) is 10.2. The highest BCUT2D eigenvalue weighted by molar-refractivity contribution is 5.87. The highest BCUT2D eigenvalue weighted by Crippen LogP contribution is 2.44. The lowest BCUT2D eigenvalue weighted by atomic mass is 9.91. The van der Waals surface area contributed by atoms with Crippen molar-refractivity contribution in [2.45, 2.75) is 26.2 Å². The van der Waals surface area contributed by atoms with E-state index in [1.807, 2.05) is 37.3 Å². The smallest absolute Gasteiger partial charge is 0.330 e. The molecule has 1 saturated carbocycles. The average Bonchev–Trinajstić information content (AvgIpc) is 3.09. The molecule has 110 valence electrons. The van der Waals surface area contributed by atoms with Gasteiger partial charge < -0.3 is 4.74 Å². The first kappa shape index (κ1) is 14.1. The molecule has 0 amide bonds. The van der Waals surface area contributed by atoms with Gasteiger partial charge in [0.25, 0.3) is 0 Å². The van der Waals surface area contributed by atoms with E-state index in [0.717, 1.165) is 23.8 Å². The normalized spacial score (nSPS) is 26.6. The van der Waals surface area contributed by atoms with E-state index in [2.05, 4.69) is 12.2 Å². The molecule has 0 heterocycles. The summed E-state index contributed by atoms with van der Waals surface area (Å²) >= 11 is 0. The minimum absolute atomic E-state index is 0.241. The van der Waals surface area contributed by atoms with E-state index in [1.165, 1.54) is 24.5 Å². The van der Waals surface area contributed by atoms with Crippen molar-refractivity contribution in [2.75, 3.05) is 6.61 Å². The number of rotatable bonds is 5. The van der Waals surface area contributed by atoms with Crippen LogP contribution in [0.4, 0.5) is 0 Å². The van der Waals surface area contributed by atoms with Gasteiger partial charge in [0.2, 0.25) is 0 Å². The van der Waals surface area contributed by atoms with Crippen LogP contribution in [0.3, 0.4) is 0 Å². The fourth-order valence-electron chi connectivity index (χ4n) is 3.43. The largest absolute Gasteiger partial charge is 0.463 e. The first-order valence-electron chi connectivity index (χ1n) is 7.80. The molecule has 2 bridgehead atoms. The number of carbonyl (C=O) groups excluding carboxylic acids is 1. The van der Waals surface area contributed by atoms with Crippen molar-refractivity contribution < 1.29 is 9.53 Å². The van der Waals surface area contributed by atoms with Crippen molar-refractivity contribution >= 4 is 12.0 Å². The van der Waals surface area contributed by atoms with E-state index in [4.69, 9.17) is 4.74 Å². The lowest BCUT2D eigenvalue weighted by Gasteiger charge is -2.17. The molecule has 0 aliphatic heterocycles. The number of benzene rings is 1. The lowest BCUT2D eigenvalue weighted by Crippen LogP contribution is -2.12. The summed E-state index contributed by atoms with van der Waals surface area (Å²) in [6, 6.07) is 8.07. The van der Waals surface area contributed by atoms with Gasteiger partial charge in [-0.1, -0.05) is 42.0 Å². The predicted molar refractivity (Wildman–Crippen MR) is 84.6 cm³/mol. The molecule has 3 rings (SSSR count). The maximum Gasteiger partial charge on any atom is 0.330 e. The Morgan fingerprint density at radius 1 is 1.24 bits per heavy atom. The number of allylic oxidation sites excluding steroid dienone is 2. The van der Waals surface area contributed by atoms with E-state index in [0.29, 0.717) is 12.5 Å². The second kappa shape index (κ2) is 6.30. The molecular weight excluding hydrogens is 260 g/mol. The molecule has 0 radical (unpaired) electrons. The fraction of sp³-hybridized carbons (Fsp3) is 0.421. The van der Waals surface area contributed by atoms with Gasteiger partial charge in [-0.25, -0.2) is 4.79 Å². The Balaban J connectivity index is 1.40. The monoisotopic (exact) mass is 282 g/mol. The minimum atomic E-state index is -0.241. The Morgan fingerprint density at radius 3 is 2.71 bits per heavy atom. The van der Waals surface area contributed by atoms with E-state index in [1.54, 1.807) is 0 Å². The van der Waals surface area contributed by atoms with E-state index in [9.17, 15) is 4.79 Å². The number of hydrogen-bond donors (Lipinski definition) is 0. The Labute approximate surface area is 126 Å². The van der Waals surface area contributed by atoms with E-state index < -0.39 is 0 Å².